The lowest BCUT2D eigenvalue weighted by Crippen LogP contribution is -2.15. The van der Waals surface area contributed by atoms with Crippen LogP contribution in [-0.2, 0) is 4.79 Å². The Kier molecular flexibility index (Phi) is 5.70. The van der Waals surface area contributed by atoms with Gasteiger partial charge in [-0.25, -0.2) is 0 Å². The third-order valence-corrected chi connectivity index (χ3v) is 4.48. The molecule has 0 bridgehead atoms. The van der Waals surface area contributed by atoms with Gasteiger partial charge in [-0.1, -0.05) is 29.3 Å². The second kappa shape index (κ2) is 8.17. The van der Waals surface area contributed by atoms with E-state index in [0.29, 0.717) is 17.1 Å². The molecule has 0 saturated heterocycles. The zero-order chi connectivity index (χ0) is 19.4. The number of halogens is 2. The van der Waals surface area contributed by atoms with Gasteiger partial charge in [0.15, 0.2) is 0 Å². The van der Waals surface area contributed by atoms with E-state index < -0.39 is 5.91 Å². The van der Waals surface area contributed by atoms with Crippen molar-refractivity contribution in [3.05, 3.63) is 69.2 Å². The summed E-state index contributed by atoms with van der Waals surface area (Å²) in [7, 11) is 1.58. The Morgan fingerprint density at radius 3 is 2.70 bits per heavy atom. The third kappa shape index (κ3) is 4.25. The maximum Gasteiger partial charge on any atom is 0.266 e. The number of fused-ring (bicyclic) bond motifs is 1. The molecule has 5 nitrogen and oxygen atoms in total. The van der Waals surface area contributed by atoms with E-state index in [0.717, 1.165) is 5.56 Å². The van der Waals surface area contributed by atoms with Crippen LogP contribution >= 0.6 is 23.2 Å². The number of benzene rings is 2. The Labute approximate surface area is 166 Å². The minimum atomic E-state index is -0.603. The van der Waals surface area contributed by atoms with Gasteiger partial charge in [0.1, 0.15) is 29.7 Å². The summed E-state index contributed by atoms with van der Waals surface area (Å²) in [5.74, 6) is 0.765. The second-order valence-electron chi connectivity index (χ2n) is 5.63. The lowest BCUT2D eigenvalue weighted by atomic mass is 10.0. The van der Waals surface area contributed by atoms with Gasteiger partial charge < -0.3 is 14.8 Å². The molecule has 0 unspecified atom stereocenters. The number of methoxy groups -OCH3 is 1. The first kappa shape index (κ1) is 18.8. The molecule has 0 fully saturated rings. The molecular formula is C20H14Cl2N2O3. The molecule has 0 aromatic heterocycles. The van der Waals surface area contributed by atoms with Crippen LogP contribution in [0.15, 0.2) is 53.6 Å². The summed E-state index contributed by atoms with van der Waals surface area (Å²) in [5, 5.41) is 12.5. The highest BCUT2D eigenvalue weighted by atomic mass is 35.5. The summed E-state index contributed by atoms with van der Waals surface area (Å²) in [6.07, 6.45) is 3.33. The fraction of sp³-hybridized carbons (Fsp3) is 0.100. The Morgan fingerprint density at radius 1 is 1.30 bits per heavy atom. The highest BCUT2D eigenvalue weighted by Gasteiger charge is 2.16. The number of para-hydroxylation sites is 1. The van der Waals surface area contributed by atoms with E-state index in [-0.39, 0.29) is 27.9 Å². The SMILES string of the molecule is COc1ccc2c(c1)OCC(/C=C(\C#N)C(=O)Nc1c(Cl)cccc1Cl)=C2. The van der Waals surface area contributed by atoms with Crippen molar-refractivity contribution in [2.75, 3.05) is 19.0 Å². The summed E-state index contributed by atoms with van der Waals surface area (Å²) in [5.41, 5.74) is 1.70. The normalized spacial score (nSPS) is 13.0. The van der Waals surface area contributed by atoms with E-state index >= 15 is 0 Å². The van der Waals surface area contributed by atoms with Gasteiger partial charge in [-0.2, -0.15) is 5.26 Å². The van der Waals surface area contributed by atoms with Crippen molar-refractivity contribution in [3.8, 4) is 17.6 Å². The van der Waals surface area contributed by atoms with Gasteiger partial charge in [-0.05, 0) is 42.0 Å². The number of hydrogen-bond acceptors (Lipinski definition) is 4. The molecule has 3 rings (SSSR count). The lowest BCUT2D eigenvalue weighted by molar-refractivity contribution is -0.112. The van der Waals surface area contributed by atoms with E-state index in [1.165, 1.54) is 6.08 Å². The van der Waals surface area contributed by atoms with Crippen LogP contribution in [0.25, 0.3) is 6.08 Å². The van der Waals surface area contributed by atoms with Gasteiger partial charge in [0, 0.05) is 11.6 Å². The van der Waals surface area contributed by atoms with Crippen LogP contribution in [0.4, 0.5) is 5.69 Å². The van der Waals surface area contributed by atoms with Gasteiger partial charge >= 0.3 is 0 Å². The molecule has 136 valence electrons. The molecule has 0 atom stereocenters. The minimum absolute atomic E-state index is 0.0854. The average Bonchev–Trinajstić information content (AvgIpc) is 2.68. The van der Waals surface area contributed by atoms with Gasteiger partial charge in [0.2, 0.25) is 0 Å². The van der Waals surface area contributed by atoms with Crippen molar-refractivity contribution in [3.63, 3.8) is 0 Å². The topological polar surface area (TPSA) is 71.3 Å². The number of anilines is 1. The van der Waals surface area contributed by atoms with E-state index in [2.05, 4.69) is 5.32 Å². The van der Waals surface area contributed by atoms with Crippen molar-refractivity contribution >= 4 is 40.9 Å². The molecule has 1 aliphatic rings. The molecule has 0 radical (unpaired) electrons. The number of ether oxygens (including phenoxy) is 2. The van der Waals surface area contributed by atoms with E-state index in [1.807, 2.05) is 24.3 Å². The number of hydrogen-bond donors (Lipinski definition) is 1. The first-order valence-corrected chi connectivity index (χ1v) is 8.66. The minimum Gasteiger partial charge on any atom is -0.497 e. The Hall–Kier alpha value is -2.94. The predicted octanol–water partition coefficient (Wildman–Crippen LogP) is 4.87. The van der Waals surface area contributed by atoms with Crippen LogP contribution in [0.2, 0.25) is 10.0 Å². The molecule has 2 aromatic carbocycles. The highest BCUT2D eigenvalue weighted by molar-refractivity contribution is 6.40. The van der Waals surface area contributed by atoms with Crippen LogP contribution in [-0.4, -0.2) is 19.6 Å². The molecule has 1 amide bonds. The smallest absolute Gasteiger partial charge is 0.266 e. The van der Waals surface area contributed by atoms with E-state index in [1.54, 1.807) is 31.4 Å². The number of carbonyl (C=O) groups is 1. The zero-order valence-electron chi connectivity index (χ0n) is 14.3. The quantitative estimate of drug-likeness (QED) is 0.586. The average molecular weight is 401 g/mol. The molecule has 1 heterocycles. The number of nitrogens with zero attached hydrogens (tertiary/aromatic N) is 1. The molecular weight excluding hydrogens is 387 g/mol. The van der Waals surface area contributed by atoms with Crippen LogP contribution in [0.5, 0.6) is 11.5 Å². The van der Waals surface area contributed by atoms with Crippen LogP contribution in [0, 0.1) is 11.3 Å². The molecule has 0 spiro atoms. The maximum atomic E-state index is 12.4. The van der Waals surface area contributed by atoms with Crippen LogP contribution in [0.3, 0.4) is 0 Å². The van der Waals surface area contributed by atoms with Crippen molar-refractivity contribution < 1.29 is 14.3 Å². The standard InChI is InChI=1S/C20H14Cl2N2O3/c1-26-15-6-5-13-7-12(11-27-18(13)9-15)8-14(10-23)20(25)24-19-16(21)3-2-4-17(19)22/h2-9H,11H2,1H3,(H,24,25)/b14-8+. The first-order chi connectivity index (χ1) is 13.0. The number of nitrogens with one attached hydrogen (secondary N) is 1. The summed E-state index contributed by atoms with van der Waals surface area (Å²) in [4.78, 5) is 12.4. The lowest BCUT2D eigenvalue weighted by Gasteiger charge is -2.17. The molecule has 1 N–H and O–H groups in total. The van der Waals surface area contributed by atoms with Crippen molar-refractivity contribution in [2.24, 2.45) is 0 Å². The van der Waals surface area contributed by atoms with Crippen LogP contribution < -0.4 is 14.8 Å². The molecule has 1 aliphatic heterocycles. The van der Waals surface area contributed by atoms with Crippen molar-refractivity contribution in [1.82, 2.24) is 0 Å². The Morgan fingerprint density at radius 2 is 2.04 bits per heavy atom. The Bertz CT molecular complexity index is 987. The Balaban J connectivity index is 1.85. The highest BCUT2D eigenvalue weighted by Crippen LogP contribution is 2.32. The summed E-state index contributed by atoms with van der Waals surface area (Å²) in [6, 6.07) is 12.2. The zero-order valence-corrected chi connectivity index (χ0v) is 15.8. The fourth-order valence-electron chi connectivity index (χ4n) is 2.50. The molecule has 0 aliphatic carbocycles. The van der Waals surface area contributed by atoms with Crippen molar-refractivity contribution in [2.45, 2.75) is 0 Å². The molecule has 0 saturated carbocycles. The number of nitriles is 1. The number of amides is 1. The van der Waals surface area contributed by atoms with Crippen LogP contribution in [0.1, 0.15) is 5.56 Å². The van der Waals surface area contributed by atoms with Gasteiger partial charge in [0.25, 0.3) is 5.91 Å². The summed E-state index contributed by atoms with van der Waals surface area (Å²) >= 11 is 12.1. The summed E-state index contributed by atoms with van der Waals surface area (Å²) in [6.45, 7) is 0.228. The number of rotatable bonds is 4. The monoisotopic (exact) mass is 400 g/mol. The predicted molar refractivity (Wildman–Crippen MR) is 105 cm³/mol. The first-order valence-electron chi connectivity index (χ1n) is 7.90. The molecule has 7 heteroatoms. The molecule has 27 heavy (non-hydrogen) atoms. The fourth-order valence-corrected chi connectivity index (χ4v) is 3.00. The van der Waals surface area contributed by atoms with E-state index in [4.69, 9.17) is 32.7 Å². The third-order valence-electron chi connectivity index (χ3n) is 3.85. The van der Waals surface area contributed by atoms with Gasteiger partial charge in [-0.15, -0.1) is 0 Å². The van der Waals surface area contributed by atoms with Gasteiger partial charge in [-0.3, -0.25) is 4.79 Å². The molecule has 2 aromatic rings. The van der Waals surface area contributed by atoms with Gasteiger partial charge in [0.05, 0.1) is 22.8 Å². The second-order valence-corrected chi connectivity index (χ2v) is 6.45. The number of carbonyl (C=O) groups excluding carboxylic acids is 1. The largest absolute Gasteiger partial charge is 0.497 e. The van der Waals surface area contributed by atoms with Crippen molar-refractivity contribution in [1.29, 1.82) is 5.26 Å². The maximum absolute atomic E-state index is 12.4. The van der Waals surface area contributed by atoms with E-state index in [9.17, 15) is 10.1 Å². The summed E-state index contributed by atoms with van der Waals surface area (Å²) < 4.78 is 10.9.